The lowest BCUT2D eigenvalue weighted by atomic mass is 9.96. The number of hydrogen-bond donors (Lipinski definition) is 1. The van der Waals surface area contributed by atoms with Gasteiger partial charge in [0.2, 0.25) is 0 Å². The molecule has 0 aliphatic carbocycles. The van der Waals surface area contributed by atoms with Crippen LogP contribution in [-0.4, -0.2) is 41.7 Å². The van der Waals surface area contributed by atoms with Gasteiger partial charge in [0.15, 0.2) is 0 Å². The average Bonchev–Trinajstić information content (AvgIpc) is 3.31. The molecule has 10 heteroatoms. The lowest BCUT2D eigenvalue weighted by molar-refractivity contribution is -0.274. The number of carbonyl (C=O) groups excluding carboxylic acids is 1. The molecule has 1 aromatic heterocycles. The lowest BCUT2D eigenvalue weighted by Crippen LogP contribution is -2.17. The van der Waals surface area contributed by atoms with Crippen molar-refractivity contribution in [3.05, 3.63) is 53.7 Å². The molecule has 0 saturated carbocycles. The Hall–Kier alpha value is -3.69. The number of halogens is 3. The minimum absolute atomic E-state index is 0.108. The van der Waals surface area contributed by atoms with Gasteiger partial charge in [-0.1, -0.05) is 0 Å². The van der Waals surface area contributed by atoms with E-state index in [1.807, 2.05) is 0 Å². The summed E-state index contributed by atoms with van der Waals surface area (Å²) in [4.78, 5) is 23.4. The minimum Gasteiger partial charge on any atom is -0.493 e. The van der Waals surface area contributed by atoms with Gasteiger partial charge in [0.1, 0.15) is 17.2 Å². The summed E-state index contributed by atoms with van der Waals surface area (Å²) in [5.41, 5.74) is 1.35. The van der Waals surface area contributed by atoms with Crippen molar-refractivity contribution in [1.82, 2.24) is 4.57 Å². The number of methoxy groups -OCH3 is 1. The Labute approximate surface area is 179 Å². The molecule has 2 heterocycles. The molecular formula is C22H18F3NO6. The van der Waals surface area contributed by atoms with E-state index < -0.39 is 18.1 Å². The van der Waals surface area contributed by atoms with Crippen LogP contribution in [0.25, 0.3) is 16.6 Å². The number of alkyl halides is 3. The fourth-order valence-electron chi connectivity index (χ4n) is 3.85. The van der Waals surface area contributed by atoms with Crippen LogP contribution in [0.1, 0.15) is 34.8 Å². The van der Waals surface area contributed by atoms with Gasteiger partial charge in [-0.3, -0.25) is 4.79 Å². The molecule has 0 fully saturated rings. The second kappa shape index (κ2) is 8.10. The highest BCUT2D eigenvalue weighted by atomic mass is 19.4. The van der Waals surface area contributed by atoms with E-state index in [1.54, 1.807) is 18.2 Å². The second-order valence-corrected chi connectivity index (χ2v) is 7.28. The molecule has 1 atom stereocenters. The third-order valence-corrected chi connectivity index (χ3v) is 5.28. The van der Waals surface area contributed by atoms with Crippen LogP contribution in [0.15, 0.2) is 42.5 Å². The first-order valence-corrected chi connectivity index (χ1v) is 9.65. The van der Waals surface area contributed by atoms with Gasteiger partial charge in [0.05, 0.1) is 19.2 Å². The van der Waals surface area contributed by atoms with Crippen LogP contribution >= 0.6 is 0 Å². The van der Waals surface area contributed by atoms with Crippen LogP contribution in [-0.2, 0) is 9.53 Å². The van der Waals surface area contributed by atoms with Crippen molar-refractivity contribution in [3.63, 3.8) is 0 Å². The molecule has 2 aromatic carbocycles. The van der Waals surface area contributed by atoms with Gasteiger partial charge >= 0.3 is 18.3 Å². The summed E-state index contributed by atoms with van der Waals surface area (Å²) in [5, 5.41) is 10.1. The van der Waals surface area contributed by atoms with Crippen molar-refractivity contribution in [2.24, 2.45) is 0 Å². The van der Waals surface area contributed by atoms with E-state index in [2.05, 4.69) is 9.47 Å². The summed E-state index contributed by atoms with van der Waals surface area (Å²) < 4.78 is 53.7. The zero-order valence-electron chi connectivity index (χ0n) is 16.8. The number of aromatic nitrogens is 1. The Balaban J connectivity index is 1.79. The first-order valence-electron chi connectivity index (χ1n) is 9.65. The summed E-state index contributed by atoms with van der Waals surface area (Å²) in [6.45, 7) is 0.359. The Morgan fingerprint density at radius 3 is 2.66 bits per heavy atom. The maximum absolute atomic E-state index is 12.7. The highest BCUT2D eigenvalue weighted by Crippen LogP contribution is 2.39. The molecule has 0 bridgehead atoms. The van der Waals surface area contributed by atoms with Crippen LogP contribution in [0.5, 0.6) is 11.5 Å². The maximum Gasteiger partial charge on any atom is 0.573 e. The number of carbonyl (C=O) groups is 2. The molecule has 0 spiro atoms. The number of aromatic carboxylic acids is 1. The number of benzene rings is 2. The average molecular weight is 449 g/mol. The zero-order valence-corrected chi connectivity index (χ0v) is 16.8. The smallest absolute Gasteiger partial charge is 0.493 e. The van der Waals surface area contributed by atoms with E-state index in [4.69, 9.17) is 4.74 Å². The van der Waals surface area contributed by atoms with E-state index >= 15 is 0 Å². The van der Waals surface area contributed by atoms with Crippen molar-refractivity contribution in [1.29, 1.82) is 0 Å². The molecule has 0 amide bonds. The predicted octanol–water partition coefficient (Wildman–Crippen LogP) is 4.66. The van der Waals surface area contributed by atoms with E-state index in [0.29, 0.717) is 29.9 Å². The van der Waals surface area contributed by atoms with Crippen molar-refractivity contribution in [2.75, 3.05) is 13.7 Å². The van der Waals surface area contributed by atoms with Crippen molar-refractivity contribution in [3.8, 4) is 17.2 Å². The first-order chi connectivity index (χ1) is 15.2. The van der Waals surface area contributed by atoms with Crippen LogP contribution < -0.4 is 9.47 Å². The fourth-order valence-corrected chi connectivity index (χ4v) is 3.85. The normalized spacial score (nSPS) is 15.3. The number of nitrogens with zero attached hydrogens (tertiary/aromatic N) is 1. The molecule has 168 valence electrons. The van der Waals surface area contributed by atoms with Gasteiger partial charge < -0.3 is 23.9 Å². The van der Waals surface area contributed by atoms with Gasteiger partial charge in [-0.05, 0) is 42.8 Å². The number of hydrogen-bond acceptors (Lipinski definition) is 5. The molecule has 4 rings (SSSR count). The number of ether oxygens (including phenoxy) is 3. The van der Waals surface area contributed by atoms with E-state index in [-0.39, 0.29) is 29.5 Å². The molecule has 7 nitrogen and oxygen atoms in total. The molecule has 1 unspecified atom stereocenters. The fraction of sp³-hybridized carbons (Fsp3) is 0.273. The summed E-state index contributed by atoms with van der Waals surface area (Å²) in [7, 11) is 1.31. The monoisotopic (exact) mass is 449 g/mol. The summed E-state index contributed by atoms with van der Waals surface area (Å²) in [6.07, 6.45) is -4.21. The predicted molar refractivity (Wildman–Crippen MR) is 106 cm³/mol. The highest BCUT2D eigenvalue weighted by molar-refractivity contribution is 5.96. The van der Waals surface area contributed by atoms with Crippen molar-refractivity contribution in [2.45, 2.75) is 25.1 Å². The SMILES string of the molecule is COC(=O)CCC1COc2ccc(-n3c(C(=O)O)cc4ccc(OC(F)(F)F)cc43)cc21. The van der Waals surface area contributed by atoms with Gasteiger partial charge in [0, 0.05) is 35.0 Å². The third-order valence-electron chi connectivity index (χ3n) is 5.28. The minimum atomic E-state index is -4.88. The van der Waals surface area contributed by atoms with Crippen LogP contribution in [0.3, 0.4) is 0 Å². The molecule has 0 radical (unpaired) electrons. The molecule has 1 aliphatic heterocycles. The quantitative estimate of drug-likeness (QED) is 0.551. The summed E-state index contributed by atoms with van der Waals surface area (Å²) in [6, 6.07) is 10.1. The van der Waals surface area contributed by atoms with E-state index in [0.717, 1.165) is 17.7 Å². The topological polar surface area (TPSA) is 87.0 Å². The van der Waals surface area contributed by atoms with Crippen LogP contribution in [0.4, 0.5) is 13.2 Å². The Morgan fingerprint density at radius 1 is 1.19 bits per heavy atom. The number of fused-ring (bicyclic) bond motifs is 2. The summed E-state index contributed by atoms with van der Waals surface area (Å²) in [5.74, 6) is -1.54. The highest BCUT2D eigenvalue weighted by Gasteiger charge is 2.31. The van der Waals surface area contributed by atoms with Gasteiger partial charge in [0.25, 0.3) is 0 Å². The largest absolute Gasteiger partial charge is 0.573 e. The molecule has 32 heavy (non-hydrogen) atoms. The lowest BCUT2D eigenvalue weighted by Gasteiger charge is -2.13. The van der Waals surface area contributed by atoms with Crippen LogP contribution in [0.2, 0.25) is 0 Å². The van der Waals surface area contributed by atoms with Crippen LogP contribution in [0, 0.1) is 0 Å². The number of esters is 1. The Bertz CT molecular complexity index is 1200. The third kappa shape index (κ3) is 4.20. The van der Waals surface area contributed by atoms with Crippen molar-refractivity contribution < 1.29 is 42.1 Å². The molecule has 1 aliphatic rings. The van der Waals surface area contributed by atoms with Gasteiger partial charge in [-0.25, -0.2) is 4.79 Å². The molecule has 0 saturated heterocycles. The molecule has 1 N–H and O–H groups in total. The number of carboxylic acid groups (broad SMARTS) is 1. The zero-order chi connectivity index (χ0) is 23.0. The standard InChI is InChI=1S/C22H18F3NO6/c1-30-20(27)7-3-13-11-31-19-6-4-14(9-16(13)19)26-17-10-15(32-22(23,24)25)5-2-12(17)8-18(26)21(28)29/h2,4-6,8-10,13H,3,7,11H2,1H3,(H,28,29). The molecule has 3 aromatic rings. The number of rotatable bonds is 6. The van der Waals surface area contributed by atoms with Gasteiger partial charge in [-0.2, -0.15) is 0 Å². The maximum atomic E-state index is 12.7. The molecular weight excluding hydrogens is 431 g/mol. The van der Waals surface area contributed by atoms with Crippen molar-refractivity contribution >= 4 is 22.8 Å². The number of carboxylic acids is 1. The summed E-state index contributed by atoms with van der Waals surface area (Å²) >= 11 is 0. The van der Waals surface area contributed by atoms with E-state index in [1.165, 1.54) is 23.8 Å². The second-order valence-electron chi connectivity index (χ2n) is 7.28. The van der Waals surface area contributed by atoms with E-state index in [9.17, 15) is 27.9 Å². The Kier molecular flexibility index (Phi) is 5.45. The van der Waals surface area contributed by atoms with Gasteiger partial charge in [-0.15, -0.1) is 13.2 Å². The Morgan fingerprint density at radius 2 is 1.97 bits per heavy atom. The first kappa shape index (κ1) is 21.5.